The van der Waals surface area contributed by atoms with Crippen LogP contribution in [0.1, 0.15) is 18.4 Å². The molecule has 3 aromatic rings. The Kier molecular flexibility index (Phi) is 5.44. The number of benzene rings is 2. The van der Waals surface area contributed by atoms with E-state index in [2.05, 4.69) is 27.4 Å². The number of fused-ring (bicyclic) bond motifs is 1. The number of hydrogen-bond donors (Lipinski definition) is 2. The van der Waals surface area contributed by atoms with Crippen LogP contribution < -0.4 is 10.1 Å². The largest absolute Gasteiger partial charge is 0.494 e. The first-order chi connectivity index (χ1) is 13.3. The van der Waals surface area contributed by atoms with Crippen LogP contribution in [0.25, 0.3) is 11.3 Å². The molecule has 2 N–H and O–H groups in total. The fourth-order valence-electron chi connectivity index (χ4n) is 3.01. The summed E-state index contributed by atoms with van der Waals surface area (Å²) in [6.07, 6.45) is 4.12. The predicted molar refractivity (Wildman–Crippen MR) is 108 cm³/mol. The molecule has 0 spiro atoms. The molecule has 1 aromatic heterocycles. The summed E-state index contributed by atoms with van der Waals surface area (Å²) in [5.74, 6) is 1.88. The number of amides is 1. The molecule has 0 saturated heterocycles. The van der Waals surface area contributed by atoms with Crippen molar-refractivity contribution < 1.29 is 9.53 Å². The number of ether oxygens (including phenoxy) is 1. The number of imidazole rings is 1. The highest BCUT2D eigenvalue weighted by atomic mass is 32.2. The van der Waals surface area contributed by atoms with Gasteiger partial charge in [0.2, 0.25) is 5.91 Å². The van der Waals surface area contributed by atoms with E-state index < -0.39 is 0 Å². The molecular weight excluding hydrogens is 358 g/mol. The number of anilines is 1. The van der Waals surface area contributed by atoms with E-state index in [1.165, 1.54) is 0 Å². The van der Waals surface area contributed by atoms with E-state index in [4.69, 9.17) is 4.74 Å². The maximum Gasteiger partial charge on any atom is 0.224 e. The summed E-state index contributed by atoms with van der Waals surface area (Å²) in [6.45, 7) is 0.657. The highest BCUT2D eigenvalue weighted by Crippen LogP contribution is 2.27. The van der Waals surface area contributed by atoms with Crippen LogP contribution >= 0.6 is 11.8 Å². The van der Waals surface area contributed by atoms with E-state index in [-0.39, 0.29) is 5.91 Å². The molecule has 138 valence electrons. The molecule has 0 atom stereocenters. The third-order valence-corrected chi connectivity index (χ3v) is 5.38. The summed E-state index contributed by atoms with van der Waals surface area (Å²) >= 11 is 1.70. The van der Waals surface area contributed by atoms with E-state index in [0.717, 1.165) is 52.0 Å². The van der Waals surface area contributed by atoms with Gasteiger partial charge in [0.25, 0.3) is 0 Å². The van der Waals surface area contributed by atoms with Crippen molar-refractivity contribution >= 4 is 23.4 Å². The zero-order chi connectivity index (χ0) is 18.5. The average molecular weight is 379 g/mol. The van der Waals surface area contributed by atoms with E-state index >= 15 is 0 Å². The van der Waals surface area contributed by atoms with Crippen LogP contribution in [0.2, 0.25) is 0 Å². The Morgan fingerprint density at radius 3 is 2.89 bits per heavy atom. The van der Waals surface area contributed by atoms with Gasteiger partial charge in [-0.3, -0.25) is 4.79 Å². The lowest BCUT2D eigenvalue weighted by molar-refractivity contribution is -0.116. The highest BCUT2D eigenvalue weighted by molar-refractivity contribution is 7.99. The summed E-state index contributed by atoms with van der Waals surface area (Å²) in [4.78, 5) is 19.2. The number of nitrogens with zero attached hydrogens (tertiary/aromatic N) is 1. The summed E-state index contributed by atoms with van der Waals surface area (Å²) < 4.78 is 5.85. The van der Waals surface area contributed by atoms with Gasteiger partial charge in [-0.15, -0.1) is 0 Å². The van der Waals surface area contributed by atoms with Gasteiger partial charge in [0.15, 0.2) is 5.16 Å². The number of thioether (sulfide) groups is 1. The molecule has 6 heteroatoms. The molecule has 0 fully saturated rings. The second-order valence-electron chi connectivity index (χ2n) is 6.39. The Bertz CT molecular complexity index is 924. The number of nitrogens with one attached hydrogen (secondary N) is 2. The van der Waals surface area contributed by atoms with Crippen molar-refractivity contribution in [2.24, 2.45) is 0 Å². The number of rotatable bonds is 7. The van der Waals surface area contributed by atoms with E-state index in [1.54, 1.807) is 11.8 Å². The molecule has 0 radical (unpaired) electrons. The second kappa shape index (κ2) is 8.31. The van der Waals surface area contributed by atoms with E-state index in [1.807, 2.05) is 42.6 Å². The lowest BCUT2D eigenvalue weighted by Gasteiger charge is -2.17. The molecule has 2 aromatic carbocycles. The molecule has 5 nitrogen and oxygen atoms in total. The van der Waals surface area contributed by atoms with Crippen LogP contribution in [0.15, 0.2) is 59.9 Å². The van der Waals surface area contributed by atoms with Gasteiger partial charge in [-0.2, -0.15) is 0 Å². The van der Waals surface area contributed by atoms with E-state index in [9.17, 15) is 4.79 Å². The predicted octanol–water partition coefficient (Wildman–Crippen LogP) is 4.52. The number of aromatic amines is 1. The summed E-state index contributed by atoms with van der Waals surface area (Å²) in [5.41, 5.74) is 4.23. The van der Waals surface area contributed by atoms with Gasteiger partial charge in [0, 0.05) is 17.9 Å². The topological polar surface area (TPSA) is 67.0 Å². The number of H-pyrrole nitrogens is 1. The maximum absolute atomic E-state index is 11.4. The Morgan fingerprint density at radius 2 is 2.00 bits per heavy atom. The minimum atomic E-state index is 0.0848. The molecule has 0 unspecified atom stereocenters. The monoisotopic (exact) mass is 379 g/mol. The van der Waals surface area contributed by atoms with Crippen LogP contribution in [-0.4, -0.2) is 28.2 Å². The number of hydrogen-bond acceptors (Lipinski definition) is 4. The molecule has 0 aliphatic carbocycles. The summed E-state index contributed by atoms with van der Waals surface area (Å²) in [6, 6.07) is 16.1. The van der Waals surface area contributed by atoms with Crippen molar-refractivity contribution in [3.05, 3.63) is 60.3 Å². The van der Waals surface area contributed by atoms with Crippen molar-refractivity contribution in [2.45, 2.75) is 24.4 Å². The minimum absolute atomic E-state index is 0.0848. The third kappa shape index (κ3) is 4.52. The zero-order valence-electron chi connectivity index (χ0n) is 14.9. The summed E-state index contributed by atoms with van der Waals surface area (Å²) in [7, 11) is 0. The van der Waals surface area contributed by atoms with Crippen LogP contribution in [0.3, 0.4) is 0 Å². The first-order valence-corrected chi connectivity index (χ1v) is 10.1. The van der Waals surface area contributed by atoms with Gasteiger partial charge >= 0.3 is 0 Å². The molecular formula is C21H21N3O2S. The zero-order valence-corrected chi connectivity index (χ0v) is 15.7. The Labute approximate surface area is 162 Å². The smallest absolute Gasteiger partial charge is 0.224 e. The van der Waals surface area contributed by atoms with Crippen molar-refractivity contribution in [1.29, 1.82) is 0 Å². The van der Waals surface area contributed by atoms with Gasteiger partial charge in [-0.25, -0.2) is 4.98 Å². The van der Waals surface area contributed by atoms with Gasteiger partial charge < -0.3 is 15.0 Å². The first-order valence-electron chi connectivity index (χ1n) is 9.07. The number of carbonyl (C=O) groups excluding carboxylic acids is 1. The fraction of sp³-hybridized carbons (Fsp3) is 0.238. The molecule has 4 rings (SSSR count). The van der Waals surface area contributed by atoms with Crippen LogP contribution in [0.4, 0.5) is 5.69 Å². The van der Waals surface area contributed by atoms with Crippen molar-refractivity contribution in [1.82, 2.24) is 9.97 Å². The summed E-state index contributed by atoms with van der Waals surface area (Å²) in [5, 5.41) is 3.82. The van der Waals surface area contributed by atoms with Crippen LogP contribution in [-0.2, 0) is 11.2 Å². The van der Waals surface area contributed by atoms with Crippen molar-refractivity contribution in [3.63, 3.8) is 0 Å². The number of aromatic nitrogens is 2. The maximum atomic E-state index is 11.4. The molecule has 27 heavy (non-hydrogen) atoms. The lowest BCUT2D eigenvalue weighted by Crippen LogP contribution is -2.18. The number of carbonyl (C=O) groups is 1. The molecule has 1 aliphatic rings. The van der Waals surface area contributed by atoms with Crippen LogP contribution in [0.5, 0.6) is 5.75 Å². The molecule has 0 bridgehead atoms. The van der Waals surface area contributed by atoms with Crippen molar-refractivity contribution in [2.75, 3.05) is 17.7 Å². The average Bonchev–Trinajstić information content (AvgIpc) is 3.17. The first kappa shape index (κ1) is 17.7. The normalized spacial score (nSPS) is 13.1. The van der Waals surface area contributed by atoms with Gasteiger partial charge in [-0.05, 0) is 42.2 Å². The van der Waals surface area contributed by atoms with E-state index in [0.29, 0.717) is 13.0 Å². The standard InChI is InChI=1S/C21H21N3O2S/c25-20-10-7-16-13-17(8-9-18(16)23-20)26-11-4-12-27-21-22-14-19(24-21)15-5-2-1-3-6-15/h1-3,5-6,8-9,13-14H,4,7,10-12H2,(H,22,24)(H,23,25). The molecule has 2 heterocycles. The second-order valence-corrected chi connectivity index (χ2v) is 7.47. The minimum Gasteiger partial charge on any atom is -0.494 e. The van der Waals surface area contributed by atoms with Gasteiger partial charge in [0.1, 0.15) is 5.75 Å². The van der Waals surface area contributed by atoms with Gasteiger partial charge in [-0.1, -0.05) is 42.1 Å². The Balaban J connectivity index is 1.22. The van der Waals surface area contributed by atoms with Crippen LogP contribution in [0, 0.1) is 0 Å². The fourth-order valence-corrected chi connectivity index (χ4v) is 3.77. The number of aryl methyl sites for hydroxylation is 1. The Hall–Kier alpha value is -2.73. The van der Waals surface area contributed by atoms with Gasteiger partial charge in [0.05, 0.1) is 18.5 Å². The molecule has 0 saturated carbocycles. The molecule has 1 aliphatic heterocycles. The quantitative estimate of drug-likeness (QED) is 0.468. The highest BCUT2D eigenvalue weighted by Gasteiger charge is 2.14. The lowest BCUT2D eigenvalue weighted by atomic mass is 10.0. The third-order valence-electron chi connectivity index (χ3n) is 4.41. The Morgan fingerprint density at radius 1 is 1.11 bits per heavy atom. The SMILES string of the molecule is O=C1CCc2cc(OCCCSc3ncc(-c4ccccc4)[nH]3)ccc2N1. The van der Waals surface area contributed by atoms with Crippen molar-refractivity contribution in [3.8, 4) is 17.0 Å². The molecule has 1 amide bonds.